The van der Waals surface area contributed by atoms with Crippen molar-refractivity contribution in [2.75, 3.05) is 13.2 Å². The van der Waals surface area contributed by atoms with E-state index in [1.807, 2.05) is 31.2 Å². The largest absolute Gasteiger partial charge is 0.490 e. The minimum atomic E-state index is -0.299. The van der Waals surface area contributed by atoms with Crippen molar-refractivity contribution in [1.82, 2.24) is 0 Å². The van der Waals surface area contributed by atoms with Crippen LogP contribution in [0.1, 0.15) is 5.56 Å². The van der Waals surface area contributed by atoms with Crippen LogP contribution in [0.5, 0.6) is 11.5 Å². The van der Waals surface area contributed by atoms with Gasteiger partial charge in [0.1, 0.15) is 30.5 Å². The third-order valence-corrected chi connectivity index (χ3v) is 2.50. The van der Waals surface area contributed by atoms with Crippen LogP contribution in [-0.2, 0) is 0 Å². The molecule has 2 aromatic rings. The number of hydrogen-bond donors (Lipinski definition) is 0. The highest BCUT2D eigenvalue weighted by Gasteiger charge is 1.99. The molecule has 0 aliphatic carbocycles. The van der Waals surface area contributed by atoms with Crippen LogP contribution in [0.4, 0.5) is 4.39 Å². The number of halogens is 1. The predicted molar refractivity (Wildman–Crippen MR) is 68.6 cm³/mol. The molecule has 0 saturated heterocycles. The van der Waals surface area contributed by atoms with Crippen molar-refractivity contribution in [2.24, 2.45) is 0 Å². The number of hydrogen-bond acceptors (Lipinski definition) is 2. The fraction of sp³-hybridized carbons (Fsp3) is 0.200. The summed E-state index contributed by atoms with van der Waals surface area (Å²) in [7, 11) is 0. The number of aryl methyl sites for hydroxylation is 1. The molecule has 2 rings (SSSR count). The van der Waals surface area contributed by atoms with E-state index < -0.39 is 0 Å². The van der Waals surface area contributed by atoms with Crippen LogP contribution in [-0.4, -0.2) is 13.2 Å². The quantitative estimate of drug-likeness (QED) is 0.750. The maximum atomic E-state index is 12.9. The molecule has 2 aromatic carbocycles. The molecular weight excluding hydrogens is 231 g/mol. The molecule has 0 radical (unpaired) electrons. The molecule has 0 fully saturated rings. The van der Waals surface area contributed by atoms with E-state index in [9.17, 15) is 4.39 Å². The average molecular weight is 246 g/mol. The third-order valence-electron chi connectivity index (χ3n) is 2.50. The Bertz CT molecular complexity index is 511. The van der Waals surface area contributed by atoms with E-state index in [2.05, 4.69) is 0 Å². The molecule has 0 atom stereocenters. The van der Waals surface area contributed by atoms with Crippen LogP contribution in [0, 0.1) is 12.7 Å². The van der Waals surface area contributed by atoms with Gasteiger partial charge in [-0.05, 0) is 30.7 Å². The zero-order valence-electron chi connectivity index (χ0n) is 10.2. The van der Waals surface area contributed by atoms with Gasteiger partial charge in [-0.1, -0.05) is 24.3 Å². The van der Waals surface area contributed by atoms with E-state index in [0.717, 1.165) is 11.3 Å². The molecule has 0 bridgehead atoms. The Morgan fingerprint density at radius 1 is 0.944 bits per heavy atom. The summed E-state index contributed by atoms with van der Waals surface area (Å²) in [4.78, 5) is 0. The fourth-order valence-corrected chi connectivity index (χ4v) is 1.59. The summed E-state index contributed by atoms with van der Waals surface area (Å²) >= 11 is 0. The standard InChI is InChI=1S/C15H15FO2/c1-12-5-2-3-8-15(12)18-10-9-17-14-7-4-6-13(16)11-14/h2-8,11H,9-10H2,1H3. The summed E-state index contributed by atoms with van der Waals surface area (Å²) in [6.45, 7) is 2.81. The van der Waals surface area contributed by atoms with E-state index in [-0.39, 0.29) is 5.82 Å². The van der Waals surface area contributed by atoms with Crippen molar-refractivity contribution in [1.29, 1.82) is 0 Å². The zero-order chi connectivity index (χ0) is 12.8. The van der Waals surface area contributed by atoms with Gasteiger partial charge in [0.15, 0.2) is 0 Å². The van der Waals surface area contributed by atoms with Crippen LogP contribution in [0.25, 0.3) is 0 Å². The Kier molecular flexibility index (Phi) is 4.18. The molecule has 94 valence electrons. The van der Waals surface area contributed by atoms with Crippen molar-refractivity contribution in [3.63, 3.8) is 0 Å². The van der Waals surface area contributed by atoms with Crippen LogP contribution >= 0.6 is 0 Å². The molecule has 0 spiro atoms. The molecule has 2 nitrogen and oxygen atoms in total. The molecule has 0 unspecified atom stereocenters. The Morgan fingerprint density at radius 3 is 2.50 bits per heavy atom. The molecule has 0 saturated carbocycles. The topological polar surface area (TPSA) is 18.5 Å². The molecular formula is C15H15FO2. The molecule has 0 amide bonds. The maximum absolute atomic E-state index is 12.9. The molecule has 0 aliphatic heterocycles. The zero-order valence-corrected chi connectivity index (χ0v) is 10.2. The van der Waals surface area contributed by atoms with Crippen LogP contribution < -0.4 is 9.47 Å². The van der Waals surface area contributed by atoms with Gasteiger partial charge in [0.2, 0.25) is 0 Å². The molecule has 0 heterocycles. The number of benzene rings is 2. The minimum Gasteiger partial charge on any atom is -0.490 e. The molecule has 0 aromatic heterocycles. The van der Waals surface area contributed by atoms with E-state index in [0.29, 0.717) is 19.0 Å². The predicted octanol–water partition coefficient (Wildman–Crippen LogP) is 3.59. The summed E-state index contributed by atoms with van der Waals surface area (Å²) < 4.78 is 23.8. The maximum Gasteiger partial charge on any atom is 0.126 e. The lowest BCUT2D eigenvalue weighted by Gasteiger charge is -2.10. The number of rotatable bonds is 5. The van der Waals surface area contributed by atoms with Crippen molar-refractivity contribution < 1.29 is 13.9 Å². The van der Waals surface area contributed by atoms with Crippen molar-refractivity contribution in [2.45, 2.75) is 6.92 Å². The highest BCUT2D eigenvalue weighted by atomic mass is 19.1. The Labute approximate surface area is 106 Å². The molecule has 18 heavy (non-hydrogen) atoms. The molecule has 0 aliphatic rings. The van der Waals surface area contributed by atoms with Crippen molar-refractivity contribution in [3.05, 3.63) is 59.9 Å². The lowest BCUT2D eigenvalue weighted by Crippen LogP contribution is -2.09. The van der Waals surface area contributed by atoms with Crippen molar-refractivity contribution in [3.8, 4) is 11.5 Å². The Balaban J connectivity index is 1.78. The average Bonchev–Trinajstić information content (AvgIpc) is 2.37. The summed E-state index contributed by atoms with van der Waals surface area (Å²) in [6.07, 6.45) is 0. The first-order chi connectivity index (χ1) is 8.75. The second-order valence-electron chi connectivity index (χ2n) is 3.92. The van der Waals surface area contributed by atoms with Gasteiger partial charge in [0.25, 0.3) is 0 Å². The Morgan fingerprint density at radius 2 is 1.72 bits per heavy atom. The Hall–Kier alpha value is -2.03. The summed E-state index contributed by atoms with van der Waals surface area (Å²) in [5, 5.41) is 0. The van der Waals surface area contributed by atoms with E-state index in [1.165, 1.54) is 12.1 Å². The normalized spacial score (nSPS) is 10.1. The third kappa shape index (κ3) is 3.48. The summed E-state index contributed by atoms with van der Waals surface area (Å²) in [6, 6.07) is 13.9. The van der Waals surface area contributed by atoms with Gasteiger partial charge < -0.3 is 9.47 Å². The van der Waals surface area contributed by atoms with E-state index in [4.69, 9.17) is 9.47 Å². The highest BCUT2D eigenvalue weighted by Crippen LogP contribution is 2.16. The first-order valence-corrected chi connectivity index (χ1v) is 5.82. The second-order valence-corrected chi connectivity index (χ2v) is 3.92. The van der Waals surface area contributed by atoms with E-state index in [1.54, 1.807) is 12.1 Å². The van der Waals surface area contributed by atoms with Gasteiger partial charge in [0, 0.05) is 6.07 Å². The monoisotopic (exact) mass is 246 g/mol. The number of ether oxygens (including phenoxy) is 2. The number of para-hydroxylation sites is 1. The second kappa shape index (κ2) is 6.05. The van der Waals surface area contributed by atoms with Crippen LogP contribution in [0.15, 0.2) is 48.5 Å². The summed E-state index contributed by atoms with van der Waals surface area (Å²) in [5.41, 5.74) is 1.09. The van der Waals surface area contributed by atoms with Crippen LogP contribution in [0.2, 0.25) is 0 Å². The van der Waals surface area contributed by atoms with Gasteiger partial charge in [-0.25, -0.2) is 4.39 Å². The summed E-state index contributed by atoms with van der Waals surface area (Å²) in [5.74, 6) is 1.07. The smallest absolute Gasteiger partial charge is 0.126 e. The highest BCUT2D eigenvalue weighted by molar-refractivity contribution is 5.31. The fourth-order valence-electron chi connectivity index (χ4n) is 1.59. The minimum absolute atomic E-state index is 0.299. The van der Waals surface area contributed by atoms with Gasteiger partial charge in [-0.3, -0.25) is 0 Å². The first-order valence-electron chi connectivity index (χ1n) is 5.82. The lowest BCUT2D eigenvalue weighted by atomic mass is 10.2. The first kappa shape index (κ1) is 12.4. The molecule has 0 N–H and O–H groups in total. The van der Waals surface area contributed by atoms with Crippen molar-refractivity contribution >= 4 is 0 Å². The van der Waals surface area contributed by atoms with Crippen LogP contribution in [0.3, 0.4) is 0 Å². The van der Waals surface area contributed by atoms with Gasteiger partial charge in [-0.2, -0.15) is 0 Å². The lowest BCUT2D eigenvalue weighted by molar-refractivity contribution is 0.216. The van der Waals surface area contributed by atoms with Gasteiger partial charge in [-0.15, -0.1) is 0 Å². The van der Waals surface area contributed by atoms with E-state index >= 15 is 0 Å². The molecule has 3 heteroatoms. The SMILES string of the molecule is Cc1ccccc1OCCOc1cccc(F)c1. The van der Waals surface area contributed by atoms with Gasteiger partial charge >= 0.3 is 0 Å². The van der Waals surface area contributed by atoms with Gasteiger partial charge in [0.05, 0.1) is 0 Å².